The molecule has 2 saturated heterocycles. The van der Waals surface area contributed by atoms with Crippen LogP contribution in [-0.2, 0) is 39.8 Å². The van der Waals surface area contributed by atoms with E-state index in [9.17, 15) is 64.2 Å². The van der Waals surface area contributed by atoms with Crippen LogP contribution in [-0.4, -0.2) is 188 Å². The number of rotatable bonds is 28. The van der Waals surface area contributed by atoms with E-state index >= 15 is 0 Å². The fraction of sp³-hybridized carbons (Fsp3) is 0.569. The van der Waals surface area contributed by atoms with Gasteiger partial charge in [0.1, 0.15) is 72.6 Å². The monoisotopic (exact) mass is 1110 g/mol. The number of aliphatic hydroxyl groups is 4. The van der Waals surface area contributed by atoms with Crippen molar-refractivity contribution in [2.24, 2.45) is 22.4 Å². The lowest BCUT2D eigenvalue weighted by Crippen LogP contribution is -2.61. The van der Waals surface area contributed by atoms with Gasteiger partial charge in [0.15, 0.2) is 18.5 Å². The number of ether oxygens (including phenoxy) is 4. The molecule has 1 unspecified atom stereocenters. The lowest BCUT2D eigenvalue weighted by atomic mass is 9.98. The molecule has 3 aromatic rings. The predicted molar refractivity (Wildman–Crippen MR) is 281 cm³/mol. The highest BCUT2D eigenvalue weighted by molar-refractivity contribution is 5.93. The number of aliphatic imine (C=N–C) groups is 1. The molecule has 0 spiro atoms. The number of aromatic amines is 1. The van der Waals surface area contributed by atoms with E-state index in [1.165, 1.54) is 0 Å². The van der Waals surface area contributed by atoms with Crippen molar-refractivity contribution in [3.8, 4) is 16.9 Å². The van der Waals surface area contributed by atoms with Crippen molar-refractivity contribution in [1.82, 2.24) is 41.5 Å². The number of carboxylic acids is 2. The van der Waals surface area contributed by atoms with Gasteiger partial charge in [-0.1, -0.05) is 63.6 Å². The molecule has 3 aliphatic heterocycles. The lowest BCUT2D eigenvalue weighted by molar-refractivity contribution is -0.228. The van der Waals surface area contributed by atoms with Crippen molar-refractivity contribution in [2.45, 2.75) is 145 Å². The highest BCUT2D eigenvalue weighted by atomic mass is 16.7. The Morgan fingerprint density at radius 1 is 0.835 bits per heavy atom. The largest absolute Gasteiger partial charge is 0.494 e. The SMILES string of the molecule is CCCCOc1ccc(-c2ccc(CC[C@H](NC(=O)[C@@H](NC(=O)N[C@H](C(=O)O)C(C)C)[C@@H]3CCNC(N)=N3)C(=O)NCCCNC(C(=O)O)[C@H](O[C@@H]3O[C@H](CN)[C@@H](O)[C@H]3O)[C@H]3O[C@@H](n4ccc(=O)[nH]c4=O)[C@H](O)[C@@H]3O)cc2)cc1. The Balaban J connectivity index is 1.18. The van der Waals surface area contributed by atoms with Gasteiger partial charge in [0.2, 0.25) is 11.8 Å². The molecular formula is C51H73N11O17. The number of aliphatic hydroxyl groups excluding tert-OH is 4. The van der Waals surface area contributed by atoms with Crippen molar-refractivity contribution in [3.63, 3.8) is 0 Å². The summed E-state index contributed by atoms with van der Waals surface area (Å²) in [5, 5.41) is 80.0. The second kappa shape index (κ2) is 28.7. The molecule has 4 amide bonds. The Morgan fingerprint density at radius 3 is 2.13 bits per heavy atom. The molecule has 0 radical (unpaired) electrons. The van der Waals surface area contributed by atoms with Crippen LogP contribution in [0, 0.1) is 5.92 Å². The van der Waals surface area contributed by atoms with Crippen molar-refractivity contribution >= 4 is 35.7 Å². The number of nitrogens with zero attached hydrogens (tertiary/aromatic N) is 2. The van der Waals surface area contributed by atoms with Crippen LogP contribution < -0.4 is 59.4 Å². The van der Waals surface area contributed by atoms with Gasteiger partial charge in [-0.05, 0) is 73.4 Å². The average molecular weight is 1110 g/mol. The molecule has 6 rings (SSSR count). The van der Waals surface area contributed by atoms with Gasteiger partial charge >= 0.3 is 23.7 Å². The molecule has 28 nitrogen and oxygen atoms in total. The van der Waals surface area contributed by atoms with Gasteiger partial charge in [-0.3, -0.25) is 28.7 Å². The zero-order chi connectivity index (χ0) is 57.5. The minimum absolute atomic E-state index is 0.00679. The van der Waals surface area contributed by atoms with E-state index in [-0.39, 0.29) is 57.8 Å². The molecule has 0 aliphatic carbocycles. The first-order chi connectivity index (χ1) is 37.7. The van der Waals surface area contributed by atoms with Crippen molar-refractivity contribution in [1.29, 1.82) is 0 Å². The third-order valence-electron chi connectivity index (χ3n) is 13.7. The smallest absolute Gasteiger partial charge is 0.330 e. The first-order valence-electron chi connectivity index (χ1n) is 26.1. The Labute approximate surface area is 453 Å². The van der Waals surface area contributed by atoms with E-state index in [2.05, 4.69) is 43.8 Å². The van der Waals surface area contributed by atoms with Gasteiger partial charge in [-0.25, -0.2) is 19.4 Å². The molecule has 4 heterocycles. The molecule has 0 saturated carbocycles. The van der Waals surface area contributed by atoms with Gasteiger partial charge < -0.3 is 93.0 Å². The summed E-state index contributed by atoms with van der Waals surface area (Å²) in [6, 6.07) is 8.45. The van der Waals surface area contributed by atoms with Crippen LogP contribution in [0.5, 0.6) is 5.75 Å². The van der Waals surface area contributed by atoms with Crippen molar-refractivity contribution in [2.75, 3.05) is 32.8 Å². The van der Waals surface area contributed by atoms with Crippen molar-refractivity contribution < 1.29 is 73.6 Å². The standard InChI is InChI=1S/C51H73N11O17/c1-4-5-23-76-29-14-12-28(13-15-29)27-10-7-26(8-11-27)9-16-31(57-44(69)35(30-17-21-56-49(53)58-30)61-50(74)60-34(25(2)3)46(70)71)43(68)55-20-6-19-54-36(47(72)73)41(79-48-40(67)37(64)32(24-52)77-48)42-38(65)39(66)45(78-42)62-22-18-33(63)59-51(62)75/h7-8,10-15,18,22,25,30-32,34-42,45,48,54,64-67H,4-6,9,16-17,19-21,23-24,52H2,1-3H3,(H,55,68)(H,57,69)(H,70,71)(H,72,73)(H3,53,56,58)(H,59,63,75)(H2,60,61,74)/t30-,31-,32+,34-,35-,36?,37+,38-,39+,40+,41-,42-,45+,48-/m0/s1. The molecule has 14 atom stereocenters. The van der Waals surface area contributed by atoms with Gasteiger partial charge in [0.05, 0.1) is 12.6 Å². The summed E-state index contributed by atoms with van der Waals surface area (Å²) in [4.78, 5) is 97.6. The third-order valence-corrected chi connectivity index (χ3v) is 13.7. The number of aliphatic carboxylic acids is 2. The minimum atomic E-state index is -1.95. The number of aromatic nitrogens is 2. The summed E-state index contributed by atoms with van der Waals surface area (Å²) in [5.74, 6) is -4.18. The topological polar surface area (TPSA) is 435 Å². The highest BCUT2D eigenvalue weighted by Crippen LogP contribution is 2.34. The number of guanidine groups is 1. The fourth-order valence-corrected chi connectivity index (χ4v) is 9.20. The van der Waals surface area contributed by atoms with Crippen LogP contribution >= 0.6 is 0 Å². The fourth-order valence-electron chi connectivity index (χ4n) is 9.20. The Hall–Kier alpha value is -7.02. The molecule has 3 aliphatic rings. The summed E-state index contributed by atoms with van der Waals surface area (Å²) in [7, 11) is 0. The minimum Gasteiger partial charge on any atom is -0.494 e. The second-order valence-electron chi connectivity index (χ2n) is 19.7. The quantitative estimate of drug-likeness (QED) is 0.0321. The molecule has 0 bridgehead atoms. The molecule has 1 aromatic heterocycles. The number of nitrogens with one attached hydrogen (secondary N) is 7. The number of carbonyl (C=O) groups is 5. The first kappa shape index (κ1) is 61.2. The number of urea groups is 1. The Bertz CT molecular complexity index is 2670. The molecule has 2 aromatic carbocycles. The van der Waals surface area contributed by atoms with Crippen LogP contribution in [0.4, 0.5) is 4.79 Å². The summed E-state index contributed by atoms with van der Waals surface area (Å²) < 4.78 is 23.9. The molecule has 434 valence electrons. The predicted octanol–water partition coefficient (Wildman–Crippen LogP) is -3.09. The van der Waals surface area contributed by atoms with E-state index in [1.807, 2.05) is 53.5 Å². The summed E-state index contributed by atoms with van der Waals surface area (Å²) in [6.45, 7) is 5.55. The van der Waals surface area contributed by atoms with Crippen LogP contribution in [0.1, 0.15) is 64.7 Å². The number of hydrogen-bond acceptors (Lipinski definition) is 20. The molecule has 17 N–H and O–H groups in total. The number of aryl methyl sites for hydroxylation is 1. The number of amides is 4. The van der Waals surface area contributed by atoms with Gasteiger partial charge in [-0.15, -0.1) is 0 Å². The summed E-state index contributed by atoms with van der Waals surface area (Å²) >= 11 is 0. The molecule has 28 heteroatoms. The Kier molecular flexibility index (Phi) is 22.3. The van der Waals surface area contributed by atoms with E-state index in [1.54, 1.807) is 13.8 Å². The van der Waals surface area contributed by atoms with Crippen LogP contribution in [0.2, 0.25) is 0 Å². The average Bonchev–Trinajstić information content (AvgIpc) is 3.95. The molecule has 79 heavy (non-hydrogen) atoms. The highest BCUT2D eigenvalue weighted by Gasteiger charge is 2.54. The number of hydrogen-bond donors (Lipinski definition) is 15. The molecule has 2 fully saturated rings. The van der Waals surface area contributed by atoms with Crippen LogP contribution in [0.3, 0.4) is 0 Å². The lowest BCUT2D eigenvalue weighted by Gasteiger charge is -2.33. The zero-order valence-electron chi connectivity index (χ0n) is 43.9. The van der Waals surface area contributed by atoms with Gasteiger partial charge in [0, 0.05) is 31.9 Å². The number of carbonyl (C=O) groups excluding carboxylic acids is 3. The van der Waals surface area contributed by atoms with E-state index in [0.29, 0.717) is 6.61 Å². The maximum absolute atomic E-state index is 14.3. The summed E-state index contributed by atoms with van der Waals surface area (Å²) in [6.07, 6.45) is -11.9. The van der Waals surface area contributed by atoms with E-state index < -0.39 is 132 Å². The number of benzene rings is 2. The van der Waals surface area contributed by atoms with Crippen LogP contribution in [0.25, 0.3) is 11.1 Å². The van der Waals surface area contributed by atoms with Crippen molar-refractivity contribution in [3.05, 3.63) is 87.2 Å². The number of nitrogens with two attached hydrogens (primary N) is 2. The maximum Gasteiger partial charge on any atom is 0.330 e. The summed E-state index contributed by atoms with van der Waals surface area (Å²) in [5.41, 5.74) is 12.5. The number of H-pyrrole nitrogens is 1. The van der Waals surface area contributed by atoms with E-state index in [0.717, 1.165) is 52.1 Å². The van der Waals surface area contributed by atoms with Gasteiger partial charge in [-0.2, -0.15) is 0 Å². The Morgan fingerprint density at radius 2 is 1.52 bits per heavy atom. The van der Waals surface area contributed by atoms with Crippen LogP contribution in [0.15, 0.2) is 75.4 Å². The maximum atomic E-state index is 14.3. The molecular weight excluding hydrogens is 1040 g/mol. The number of carboxylic acid groups (broad SMARTS) is 2. The third kappa shape index (κ3) is 16.3. The van der Waals surface area contributed by atoms with E-state index in [4.69, 9.17) is 30.4 Å². The normalized spacial score (nSPS) is 24.7. The number of unbranched alkanes of at least 4 members (excludes halogenated alkanes) is 1. The zero-order valence-corrected chi connectivity index (χ0v) is 43.9. The second-order valence-corrected chi connectivity index (χ2v) is 19.7. The first-order valence-corrected chi connectivity index (χ1v) is 26.1. The van der Waals surface area contributed by atoms with Gasteiger partial charge in [0.25, 0.3) is 5.56 Å².